The number of halogens is 1. The van der Waals surface area contributed by atoms with Crippen molar-refractivity contribution in [2.45, 2.75) is 13.0 Å². The van der Waals surface area contributed by atoms with Gasteiger partial charge in [0.25, 0.3) is 0 Å². The first-order valence-corrected chi connectivity index (χ1v) is 7.54. The highest BCUT2D eigenvalue weighted by atomic mass is 79.9. The molecule has 17 heavy (non-hydrogen) atoms. The minimum atomic E-state index is 0.572. The van der Waals surface area contributed by atoms with Gasteiger partial charge in [-0.1, -0.05) is 0 Å². The summed E-state index contributed by atoms with van der Waals surface area (Å²) < 4.78 is 2.98. The predicted octanol–water partition coefficient (Wildman–Crippen LogP) is 2.53. The van der Waals surface area contributed by atoms with E-state index < -0.39 is 0 Å². The second kappa shape index (κ2) is 4.49. The lowest BCUT2D eigenvalue weighted by atomic mass is 10.1. The quantitative estimate of drug-likeness (QED) is 0.925. The van der Waals surface area contributed by atoms with Gasteiger partial charge in [0.1, 0.15) is 5.52 Å². The van der Waals surface area contributed by atoms with E-state index in [1.807, 2.05) is 22.4 Å². The van der Waals surface area contributed by atoms with Crippen molar-refractivity contribution in [2.75, 3.05) is 17.2 Å². The van der Waals surface area contributed by atoms with E-state index in [0.717, 1.165) is 22.2 Å². The molecule has 0 saturated carbocycles. The first kappa shape index (κ1) is 11.3. The molecule has 1 aliphatic heterocycles. The Labute approximate surface area is 112 Å². The lowest BCUT2D eigenvalue weighted by Crippen LogP contribution is -2.12. The molecule has 90 valence electrons. The van der Waals surface area contributed by atoms with Crippen LogP contribution in [0.1, 0.15) is 6.42 Å². The topological polar surface area (TPSA) is 56.7 Å². The molecule has 1 unspecified atom stereocenters. The molecule has 1 fully saturated rings. The minimum absolute atomic E-state index is 0.572. The van der Waals surface area contributed by atoms with E-state index in [9.17, 15) is 0 Å². The highest BCUT2D eigenvalue weighted by molar-refractivity contribution is 9.10. The van der Waals surface area contributed by atoms with E-state index in [0.29, 0.717) is 11.9 Å². The first-order valence-electron chi connectivity index (χ1n) is 5.59. The SMILES string of the molecule is Nc1nc2cc(Br)cnc2n1CC1CCSC1. The van der Waals surface area contributed by atoms with E-state index in [1.165, 1.54) is 17.9 Å². The van der Waals surface area contributed by atoms with Gasteiger partial charge in [0.05, 0.1) is 0 Å². The lowest BCUT2D eigenvalue weighted by molar-refractivity contribution is 0.503. The molecule has 0 amide bonds. The Kier molecular flexibility index (Phi) is 3.00. The average molecular weight is 313 g/mol. The van der Waals surface area contributed by atoms with Crippen LogP contribution in [0, 0.1) is 5.92 Å². The summed E-state index contributed by atoms with van der Waals surface area (Å²) in [6.07, 6.45) is 3.06. The first-order chi connectivity index (χ1) is 8.24. The number of nitrogens with zero attached hydrogens (tertiary/aromatic N) is 3. The monoisotopic (exact) mass is 312 g/mol. The zero-order valence-corrected chi connectivity index (χ0v) is 11.7. The van der Waals surface area contributed by atoms with Gasteiger partial charge in [-0.2, -0.15) is 11.8 Å². The molecule has 2 aromatic heterocycles. The number of imidazole rings is 1. The maximum atomic E-state index is 5.97. The minimum Gasteiger partial charge on any atom is -0.369 e. The summed E-state index contributed by atoms with van der Waals surface area (Å²) in [6.45, 7) is 0.934. The Morgan fingerprint density at radius 2 is 2.47 bits per heavy atom. The Hall–Kier alpha value is -0.750. The van der Waals surface area contributed by atoms with Gasteiger partial charge in [0.15, 0.2) is 5.65 Å². The summed E-state index contributed by atoms with van der Waals surface area (Å²) >= 11 is 5.41. The molecule has 6 heteroatoms. The van der Waals surface area contributed by atoms with Crippen LogP contribution in [0.4, 0.5) is 5.95 Å². The van der Waals surface area contributed by atoms with E-state index in [-0.39, 0.29) is 0 Å². The van der Waals surface area contributed by atoms with E-state index in [2.05, 4.69) is 25.9 Å². The van der Waals surface area contributed by atoms with Gasteiger partial charge < -0.3 is 5.73 Å². The summed E-state index contributed by atoms with van der Waals surface area (Å²) in [4.78, 5) is 8.77. The standard InChI is InChI=1S/C11H13BrN4S/c12-8-3-9-10(14-4-8)16(11(13)15-9)5-7-1-2-17-6-7/h3-4,7H,1-2,5-6H2,(H2,13,15). The second-order valence-electron chi connectivity index (χ2n) is 4.31. The van der Waals surface area contributed by atoms with E-state index >= 15 is 0 Å². The number of fused-ring (bicyclic) bond motifs is 1. The van der Waals surface area contributed by atoms with Crippen LogP contribution in [0.5, 0.6) is 0 Å². The van der Waals surface area contributed by atoms with Crippen molar-refractivity contribution in [1.82, 2.24) is 14.5 Å². The largest absolute Gasteiger partial charge is 0.369 e. The zero-order chi connectivity index (χ0) is 11.8. The molecule has 1 aliphatic rings. The summed E-state index contributed by atoms with van der Waals surface area (Å²) in [5, 5.41) is 0. The van der Waals surface area contributed by atoms with Gasteiger partial charge in [-0.3, -0.25) is 4.57 Å². The Balaban J connectivity index is 1.99. The number of rotatable bonds is 2. The Morgan fingerprint density at radius 3 is 3.24 bits per heavy atom. The number of anilines is 1. The number of thioether (sulfide) groups is 1. The van der Waals surface area contributed by atoms with Crippen molar-refractivity contribution in [3.63, 3.8) is 0 Å². The van der Waals surface area contributed by atoms with Gasteiger partial charge in [-0.25, -0.2) is 9.97 Å². The maximum absolute atomic E-state index is 5.97. The molecule has 3 rings (SSSR count). The highest BCUT2D eigenvalue weighted by Crippen LogP contribution is 2.27. The third kappa shape index (κ3) is 2.15. The van der Waals surface area contributed by atoms with Crippen LogP contribution in [0.2, 0.25) is 0 Å². The van der Waals surface area contributed by atoms with Crippen molar-refractivity contribution in [3.8, 4) is 0 Å². The summed E-state index contributed by atoms with van der Waals surface area (Å²) in [7, 11) is 0. The molecule has 3 heterocycles. The van der Waals surface area contributed by atoms with E-state index in [4.69, 9.17) is 5.73 Å². The number of nitrogens with two attached hydrogens (primary N) is 1. The highest BCUT2D eigenvalue weighted by Gasteiger charge is 2.19. The molecular weight excluding hydrogens is 300 g/mol. The molecule has 0 bridgehead atoms. The molecular formula is C11H13BrN4S. The molecule has 0 spiro atoms. The van der Waals surface area contributed by atoms with Crippen LogP contribution in [-0.4, -0.2) is 26.0 Å². The van der Waals surface area contributed by atoms with Crippen LogP contribution in [0.15, 0.2) is 16.7 Å². The summed E-state index contributed by atoms with van der Waals surface area (Å²) in [5.74, 6) is 3.75. The fourth-order valence-corrected chi connectivity index (χ4v) is 3.76. The van der Waals surface area contributed by atoms with Crippen molar-refractivity contribution in [3.05, 3.63) is 16.7 Å². The van der Waals surface area contributed by atoms with Gasteiger partial charge in [0.2, 0.25) is 5.95 Å². The zero-order valence-electron chi connectivity index (χ0n) is 9.27. The summed E-state index contributed by atoms with van der Waals surface area (Å²) in [6, 6.07) is 1.96. The van der Waals surface area contributed by atoms with Gasteiger partial charge in [0, 0.05) is 17.2 Å². The lowest BCUT2D eigenvalue weighted by Gasteiger charge is -2.10. The second-order valence-corrected chi connectivity index (χ2v) is 6.37. The van der Waals surface area contributed by atoms with Crippen LogP contribution >= 0.6 is 27.7 Å². The van der Waals surface area contributed by atoms with Crippen molar-refractivity contribution in [2.24, 2.45) is 5.92 Å². The van der Waals surface area contributed by atoms with Crippen LogP contribution in [0.25, 0.3) is 11.2 Å². The number of pyridine rings is 1. The van der Waals surface area contributed by atoms with E-state index in [1.54, 1.807) is 6.20 Å². The van der Waals surface area contributed by atoms with Crippen LogP contribution in [-0.2, 0) is 6.54 Å². The van der Waals surface area contributed by atoms with Crippen molar-refractivity contribution >= 4 is 44.8 Å². The molecule has 4 nitrogen and oxygen atoms in total. The van der Waals surface area contributed by atoms with Gasteiger partial charge >= 0.3 is 0 Å². The number of aromatic nitrogens is 3. The fraction of sp³-hybridized carbons (Fsp3) is 0.455. The molecule has 2 aromatic rings. The number of hydrogen-bond donors (Lipinski definition) is 1. The normalized spacial score (nSPS) is 20.2. The van der Waals surface area contributed by atoms with Gasteiger partial charge in [-0.15, -0.1) is 0 Å². The molecule has 1 saturated heterocycles. The Bertz CT molecular complexity index is 548. The third-order valence-electron chi connectivity index (χ3n) is 3.05. The maximum Gasteiger partial charge on any atom is 0.202 e. The van der Waals surface area contributed by atoms with Gasteiger partial charge in [-0.05, 0) is 45.8 Å². The van der Waals surface area contributed by atoms with Crippen LogP contribution < -0.4 is 5.73 Å². The predicted molar refractivity (Wildman–Crippen MR) is 75.1 cm³/mol. The molecule has 0 radical (unpaired) electrons. The third-order valence-corrected chi connectivity index (χ3v) is 4.71. The number of nitrogen functional groups attached to an aromatic ring is 1. The van der Waals surface area contributed by atoms with Crippen molar-refractivity contribution in [1.29, 1.82) is 0 Å². The molecule has 0 aromatic carbocycles. The summed E-state index contributed by atoms with van der Waals surface area (Å²) in [5.41, 5.74) is 7.73. The number of hydrogen-bond acceptors (Lipinski definition) is 4. The molecule has 1 atom stereocenters. The van der Waals surface area contributed by atoms with Crippen molar-refractivity contribution < 1.29 is 0 Å². The molecule has 0 aliphatic carbocycles. The molecule has 2 N–H and O–H groups in total. The smallest absolute Gasteiger partial charge is 0.202 e. The van der Waals surface area contributed by atoms with Crippen LogP contribution in [0.3, 0.4) is 0 Å². The fourth-order valence-electron chi connectivity index (χ4n) is 2.17. The average Bonchev–Trinajstić information content (AvgIpc) is 2.88. The Morgan fingerprint density at radius 1 is 1.59 bits per heavy atom.